The van der Waals surface area contributed by atoms with Gasteiger partial charge in [0.05, 0.1) is 11.5 Å². The van der Waals surface area contributed by atoms with E-state index in [2.05, 4.69) is 4.72 Å². The minimum Gasteiger partial charge on any atom is -0.383 e. The minimum atomic E-state index is -3.55. The normalized spacial score (nSPS) is 11.6. The van der Waals surface area contributed by atoms with Crippen molar-refractivity contribution in [1.29, 1.82) is 0 Å². The van der Waals surface area contributed by atoms with Crippen LogP contribution in [0.4, 0.5) is 4.39 Å². The number of halogens is 1. The zero-order chi connectivity index (χ0) is 11.3. The maximum atomic E-state index is 12.5. The Morgan fingerprint density at radius 1 is 1.33 bits per heavy atom. The van der Waals surface area contributed by atoms with Crippen LogP contribution in [0.25, 0.3) is 0 Å². The highest BCUT2D eigenvalue weighted by Gasteiger charge is 2.12. The summed E-state index contributed by atoms with van der Waals surface area (Å²) in [4.78, 5) is 0.0417. The number of hydrogen-bond acceptors (Lipinski definition) is 3. The van der Waals surface area contributed by atoms with E-state index in [1.165, 1.54) is 19.2 Å². The molecular weight excluding hydrogens is 221 g/mol. The first-order valence-electron chi connectivity index (χ1n) is 4.30. The van der Waals surface area contributed by atoms with Crippen LogP contribution in [0.15, 0.2) is 29.2 Å². The van der Waals surface area contributed by atoms with Crippen LogP contribution < -0.4 is 4.72 Å². The van der Waals surface area contributed by atoms with Crippen LogP contribution in [0, 0.1) is 5.82 Å². The molecule has 4 nitrogen and oxygen atoms in total. The van der Waals surface area contributed by atoms with Gasteiger partial charge in [0.2, 0.25) is 10.0 Å². The Hall–Kier alpha value is -0.980. The molecule has 0 spiro atoms. The Morgan fingerprint density at radius 2 is 1.93 bits per heavy atom. The summed E-state index contributed by atoms with van der Waals surface area (Å²) in [6.45, 7) is 0.483. The highest BCUT2D eigenvalue weighted by atomic mass is 32.2. The number of hydrogen-bond donors (Lipinski definition) is 1. The van der Waals surface area contributed by atoms with Gasteiger partial charge in [0, 0.05) is 13.7 Å². The second-order valence-electron chi connectivity index (χ2n) is 2.84. The van der Waals surface area contributed by atoms with Crippen LogP contribution in [0.5, 0.6) is 0 Å². The number of sulfonamides is 1. The Kier molecular flexibility index (Phi) is 4.19. The highest BCUT2D eigenvalue weighted by molar-refractivity contribution is 7.89. The quantitative estimate of drug-likeness (QED) is 0.763. The number of nitrogens with one attached hydrogen (secondary N) is 1. The molecule has 1 aromatic carbocycles. The molecule has 0 fully saturated rings. The molecule has 1 N–H and O–H groups in total. The molecule has 0 aliphatic heterocycles. The van der Waals surface area contributed by atoms with Gasteiger partial charge < -0.3 is 4.74 Å². The lowest BCUT2D eigenvalue weighted by Gasteiger charge is -2.05. The average molecular weight is 233 g/mol. The van der Waals surface area contributed by atoms with E-state index in [1.54, 1.807) is 0 Å². The van der Waals surface area contributed by atoms with E-state index < -0.39 is 15.8 Å². The van der Waals surface area contributed by atoms with Gasteiger partial charge in [-0.1, -0.05) is 0 Å². The molecule has 0 amide bonds. The summed E-state index contributed by atoms with van der Waals surface area (Å²) in [6.07, 6.45) is 0. The van der Waals surface area contributed by atoms with Crippen molar-refractivity contribution < 1.29 is 17.5 Å². The van der Waals surface area contributed by atoms with Gasteiger partial charge in [-0.15, -0.1) is 0 Å². The molecule has 0 unspecified atom stereocenters. The van der Waals surface area contributed by atoms with Crippen LogP contribution in [0.2, 0.25) is 0 Å². The molecular formula is C9H12FNO3S. The predicted molar refractivity (Wildman–Crippen MR) is 53.5 cm³/mol. The van der Waals surface area contributed by atoms with Crippen molar-refractivity contribution in [2.24, 2.45) is 0 Å². The number of methoxy groups -OCH3 is 1. The van der Waals surface area contributed by atoms with E-state index in [4.69, 9.17) is 4.74 Å². The van der Waals surface area contributed by atoms with E-state index in [9.17, 15) is 12.8 Å². The molecule has 0 aromatic heterocycles. The Morgan fingerprint density at radius 3 is 2.47 bits per heavy atom. The summed E-state index contributed by atoms with van der Waals surface area (Å²) in [5.74, 6) is -0.467. The lowest BCUT2D eigenvalue weighted by Crippen LogP contribution is -2.27. The molecule has 0 bridgehead atoms. The minimum absolute atomic E-state index is 0.0417. The molecule has 15 heavy (non-hydrogen) atoms. The van der Waals surface area contributed by atoms with Crippen molar-refractivity contribution in [1.82, 2.24) is 4.72 Å². The van der Waals surface area contributed by atoms with Crippen molar-refractivity contribution in [3.8, 4) is 0 Å². The summed E-state index contributed by atoms with van der Waals surface area (Å²) < 4.78 is 42.6. The van der Waals surface area contributed by atoms with Crippen molar-refractivity contribution in [2.75, 3.05) is 20.3 Å². The number of rotatable bonds is 5. The van der Waals surface area contributed by atoms with E-state index in [-0.39, 0.29) is 11.4 Å². The average Bonchev–Trinajstić information content (AvgIpc) is 2.18. The fourth-order valence-corrected chi connectivity index (χ4v) is 1.99. The van der Waals surface area contributed by atoms with Gasteiger partial charge >= 0.3 is 0 Å². The molecule has 0 radical (unpaired) electrons. The third-order valence-corrected chi connectivity index (χ3v) is 3.20. The van der Waals surface area contributed by atoms with Crippen molar-refractivity contribution in [3.05, 3.63) is 30.1 Å². The lowest BCUT2D eigenvalue weighted by atomic mass is 10.4. The number of benzene rings is 1. The van der Waals surface area contributed by atoms with Crippen LogP contribution >= 0.6 is 0 Å². The lowest BCUT2D eigenvalue weighted by molar-refractivity contribution is 0.204. The number of ether oxygens (including phenoxy) is 1. The van der Waals surface area contributed by atoms with Crippen LogP contribution in [0.1, 0.15) is 0 Å². The molecule has 0 heterocycles. The maximum absolute atomic E-state index is 12.5. The Bertz CT molecular complexity index is 402. The molecule has 0 aliphatic carbocycles. The third kappa shape index (κ3) is 3.58. The first-order valence-corrected chi connectivity index (χ1v) is 5.79. The van der Waals surface area contributed by atoms with Crippen LogP contribution in [-0.4, -0.2) is 28.7 Å². The fraction of sp³-hybridized carbons (Fsp3) is 0.333. The van der Waals surface area contributed by atoms with Crippen molar-refractivity contribution >= 4 is 10.0 Å². The van der Waals surface area contributed by atoms with Crippen molar-refractivity contribution in [2.45, 2.75) is 4.90 Å². The van der Waals surface area contributed by atoms with E-state index in [1.807, 2.05) is 0 Å². The summed E-state index contributed by atoms with van der Waals surface area (Å²) >= 11 is 0. The van der Waals surface area contributed by atoms with Gasteiger partial charge in [-0.05, 0) is 24.3 Å². The van der Waals surface area contributed by atoms with Gasteiger partial charge in [0.25, 0.3) is 0 Å². The van der Waals surface area contributed by atoms with E-state index in [0.717, 1.165) is 12.1 Å². The summed E-state index contributed by atoms with van der Waals surface area (Å²) in [7, 11) is -2.07. The smallest absolute Gasteiger partial charge is 0.240 e. The van der Waals surface area contributed by atoms with Crippen molar-refractivity contribution in [3.63, 3.8) is 0 Å². The fourth-order valence-electron chi connectivity index (χ4n) is 0.975. The van der Waals surface area contributed by atoms with Crippen LogP contribution in [0.3, 0.4) is 0 Å². The summed E-state index contributed by atoms with van der Waals surface area (Å²) in [5.41, 5.74) is 0. The van der Waals surface area contributed by atoms with Gasteiger partial charge in [0.1, 0.15) is 5.82 Å². The second-order valence-corrected chi connectivity index (χ2v) is 4.61. The van der Waals surface area contributed by atoms with E-state index in [0.29, 0.717) is 6.61 Å². The molecule has 0 saturated heterocycles. The predicted octanol–water partition coefficient (Wildman–Crippen LogP) is 0.750. The van der Waals surface area contributed by atoms with Gasteiger partial charge in [0.15, 0.2) is 0 Å². The first-order chi connectivity index (χ1) is 7.06. The molecule has 6 heteroatoms. The molecule has 84 valence electrons. The zero-order valence-corrected chi connectivity index (χ0v) is 9.05. The Balaban J connectivity index is 2.73. The van der Waals surface area contributed by atoms with Gasteiger partial charge in [-0.25, -0.2) is 17.5 Å². The standard InChI is InChI=1S/C9H12FNO3S/c1-14-7-6-11-15(12,13)9-4-2-8(10)3-5-9/h2-5,11H,6-7H2,1H3. The molecule has 0 aliphatic rings. The molecule has 0 saturated carbocycles. The third-order valence-electron chi connectivity index (χ3n) is 1.72. The van der Waals surface area contributed by atoms with Gasteiger partial charge in [-0.3, -0.25) is 0 Å². The molecule has 1 aromatic rings. The Labute approximate surface area is 88.1 Å². The first kappa shape index (κ1) is 12.1. The largest absolute Gasteiger partial charge is 0.383 e. The van der Waals surface area contributed by atoms with Crippen LogP contribution in [-0.2, 0) is 14.8 Å². The monoisotopic (exact) mass is 233 g/mol. The zero-order valence-electron chi connectivity index (χ0n) is 8.23. The molecule has 1 rings (SSSR count). The summed E-state index contributed by atoms with van der Waals surface area (Å²) in [5, 5.41) is 0. The maximum Gasteiger partial charge on any atom is 0.240 e. The van der Waals surface area contributed by atoms with E-state index >= 15 is 0 Å². The second kappa shape index (κ2) is 5.20. The summed E-state index contributed by atoms with van der Waals surface area (Å²) in [6, 6.07) is 4.63. The SMILES string of the molecule is COCCNS(=O)(=O)c1ccc(F)cc1. The highest BCUT2D eigenvalue weighted by Crippen LogP contribution is 2.08. The molecule has 0 atom stereocenters. The topological polar surface area (TPSA) is 55.4 Å². The van der Waals surface area contributed by atoms with Gasteiger partial charge in [-0.2, -0.15) is 0 Å².